The molecule has 0 spiro atoms. The van der Waals surface area contributed by atoms with Crippen LogP contribution in [0.1, 0.15) is 13.3 Å². The SMILES string of the molecule is COC(=O)CC(C)N1CCS(=O)CC1. The van der Waals surface area contributed by atoms with Crippen molar-refractivity contribution < 1.29 is 13.7 Å². The van der Waals surface area contributed by atoms with E-state index in [1.54, 1.807) is 0 Å². The van der Waals surface area contributed by atoms with Gasteiger partial charge in [-0.15, -0.1) is 0 Å². The highest BCUT2D eigenvalue weighted by atomic mass is 32.2. The normalized spacial score (nSPS) is 21.9. The quantitative estimate of drug-likeness (QED) is 0.627. The van der Waals surface area contributed by atoms with Gasteiger partial charge in [-0.05, 0) is 6.92 Å². The van der Waals surface area contributed by atoms with Crippen LogP contribution in [0, 0.1) is 0 Å². The molecule has 1 aliphatic heterocycles. The van der Waals surface area contributed by atoms with Crippen LogP contribution in [0.25, 0.3) is 0 Å². The van der Waals surface area contributed by atoms with Gasteiger partial charge < -0.3 is 4.74 Å². The zero-order valence-electron chi connectivity index (χ0n) is 8.69. The molecule has 0 aromatic rings. The lowest BCUT2D eigenvalue weighted by Crippen LogP contribution is -2.44. The molecule has 0 aromatic carbocycles. The van der Waals surface area contributed by atoms with E-state index >= 15 is 0 Å². The first kappa shape index (κ1) is 11.7. The van der Waals surface area contributed by atoms with Crippen molar-refractivity contribution in [3.8, 4) is 0 Å². The van der Waals surface area contributed by atoms with E-state index in [9.17, 15) is 9.00 Å². The monoisotopic (exact) mass is 219 g/mol. The first-order chi connectivity index (χ1) is 6.63. The third-order valence-electron chi connectivity index (χ3n) is 2.53. The summed E-state index contributed by atoms with van der Waals surface area (Å²) in [4.78, 5) is 13.2. The van der Waals surface area contributed by atoms with Crippen molar-refractivity contribution in [3.05, 3.63) is 0 Å². The van der Waals surface area contributed by atoms with Crippen molar-refractivity contribution in [2.75, 3.05) is 31.7 Å². The first-order valence-electron chi connectivity index (χ1n) is 4.79. The number of hydrogen-bond donors (Lipinski definition) is 0. The summed E-state index contributed by atoms with van der Waals surface area (Å²) in [6.45, 7) is 3.65. The van der Waals surface area contributed by atoms with Crippen LogP contribution in [-0.4, -0.2) is 52.8 Å². The van der Waals surface area contributed by atoms with E-state index in [0.29, 0.717) is 6.42 Å². The second kappa shape index (κ2) is 5.46. The van der Waals surface area contributed by atoms with Gasteiger partial charge >= 0.3 is 5.97 Å². The van der Waals surface area contributed by atoms with Crippen LogP contribution < -0.4 is 0 Å². The van der Waals surface area contributed by atoms with E-state index in [0.717, 1.165) is 24.6 Å². The highest BCUT2D eigenvalue weighted by molar-refractivity contribution is 7.85. The fourth-order valence-electron chi connectivity index (χ4n) is 1.55. The summed E-state index contributed by atoms with van der Waals surface area (Å²) in [6, 6.07) is 0.194. The van der Waals surface area contributed by atoms with Crippen LogP contribution in [0.2, 0.25) is 0 Å². The smallest absolute Gasteiger partial charge is 0.307 e. The summed E-state index contributed by atoms with van der Waals surface area (Å²) in [5.74, 6) is 1.28. The fourth-order valence-corrected chi connectivity index (χ4v) is 2.63. The average Bonchev–Trinajstić information content (AvgIpc) is 2.18. The van der Waals surface area contributed by atoms with Gasteiger partial charge in [-0.3, -0.25) is 13.9 Å². The molecule has 1 unspecified atom stereocenters. The van der Waals surface area contributed by atoms with E-state index in [-0.39, 0.29) is 12.0 Å². The molecule has 4 nitrogen and oxygen atoms in total. The summed E-state index contributed by atoms with van der Waals surface area (Å²) >= 11 is 0. The van der Waals surface area contributed by atoms with Crippen LogP contribution in [0.5, 0.6) is 0 Å². The summed E-state index contributed by atoms with van der Waals surface area (Å²) in [6.07, 6.45) is 0.420. The largest absolute Gasteiger partial charge is 0.469 e. The van der Waals surface area contributed by atoms with E-state index in [1.165, 1.54) is 7.11 Å². The third kappa shape index (κ3) is 3.38. The molecular formula is C9H17NO3S. The molecule has 1 aliphatic rings. The Morgan fingerprint density at radius 2 is 2.07 bits per heavy atom. The number of nitrogens with zero attached hydrogens (tertiary/aromatic N) is 1. The molecule has 0 saturated carbocycles. The van der Waals surface area contributed by atoms with Gasteiger partial charge in [0.25, 0.3) is 0 Å². The molecule has 0 amide bonds. The highest BCUT2D eigenvalue weighted by Crippen LogP contribution is 2.08. The maximum atomic E-state index is 11.1. The van der Waals surface area contributed by atoms with Crippen LogP contribution in [0.3, 0.4) is 0 Å². The molecule has 0 N–H and O–H groups in total. The molecule has 1 atom stereocenters. The summed E-state index contributed by atoms with van der Waals surface area (Å²) < 4.78 is 15.7. The molecule has 0 bridgehead atoms. The third-order valence-corrected chi connectivity index (χ3v) is 3.80. The second-order valence-electron chi connectivity index (χ2n) is 3.51. The topological polar surface area (TPSA) is 46.6 Å². The number of hydrogen-bond acceptors (Lipinski definition) is 4. The van der Waals surface area contributed by atoms with Crippen molar-refractivity contribution >= 4 is 16.8 Å². The maximum absolute atomic E-state index is 11.1. The van der Waals surface area contributed by atoms with Crippen molar-refractivity contribution in [3.63, 3.8) is 0 Å². The molecule has 5 heteroatoms. The lowest BCUT2D eigenvalue weighted by Gasteiger charge is -2.31. The van der Waals surface area contributed by atoms with Crippen molar-refractivity contribution in [2.45, 2.75) is 19.4 Å². The molecule has 0 aromatic heterocycles. The molecule has 0 aliphatic carbocycles. The minimum absolute atomic E-state index is 0.177. The number of esters is 1. The van der Waals surface area contributed by atoms with Crippen LogP contribution in [0.15, 0.2) is 0 Å². The van der Waals surface area contributed by atoms with Crippen LogP contribution in [-0.2, 0) is 20.3 Å². The minimum Gasteiger partial charge on any atom is -0.469 e. The first-order valence-corrected chi connectivity index (χ1v) is 6.28. The van der Waals surface area contributed by atoms with Crippen LogP contribution in [0.4, 0.5) is 0 Å². The molecule has 14 heavy (non-hydrogen) atoms. The van der Waals surface area contributed by atoms with Gasteiger partial charge in [0.15, 0.2) is 0 Å². The minimum atomic E-state index is -0.650. The van der Waals surface area contributed by atoms with E-state index < -0.39 is 10.8 Å². The van der Waals surface area contributed by atoms with Gasteiger partial charge in [-0.25, -0.2) is 0 Å². The Morgan fingerprint density at radius 1 is 1.50 bits per heavy atom. The molecule has 0 radical (unpaired) electrons. The number of rotatable bonds is 3. The fraction of sp³-hybridized carbons (Fsp3) is 0.889. The average molecular weight is 219 g/mol. The second-order valence-corrected chi connectivity index (χ2v) is 5.21. The summed E-state index contributed by atoms with van der Waals surface area (Å²) in [5, 5.41) is 0. The number of carbonyl (C=O) groups is 1. The Labute approximate surface area is 87.1 Å². The van der Waals surface area contributed by atoms with Crippen molar-refractivity contribution in [2.24, 2.45) is 0 Å². The van der Waals surface area contributed by atoms with Crippen molar-refractivity contribution in [1.29, 1.82) is 0 Å². The van der Waals surface area contributed by atoms with Gasteiger partial charge in [0.05, 0.1) is 13.5 Å². The lowest BCUT2D eigenvalue weighted by atomic mass is 10.2. The van der Waals surface area contributed by atoms with Gasteiger partial charge in [0.2, 0.25) is 0 Å². The molecule has 1 fully saturated rings. The number of ether oxygens (including phenoxy) is 1. The number of methoxy groups -OCH3 is 1. The van der Waals surface area contributed by atoms with E-state index in [1.807, 2.05) is 6.92 Å². The standard InChI is InChI=1S/C9H17NO3S/c1-8(7-9(11)13-2)10-3-5-14(12)6-4-10/h8H,3-7H2,1-2H3. The Kier molecular flexibility index (Phi) is 4.54. The Hall–Kier alpha value is -0.420. The van der Waals surface area contributed by atoms with Gasteiger partial charge in [-0.2, -0.15) is 0 Å². The Balaban J connectivity index is 2.33. The molecule has 82 valence electrons. The molecular weight excluding hydrogens is 202 g/mol. The van der Waals surface area contributed by atoms with Crippen LogP contribution >= 0.6 is 0 Å². The predicted octanol–water partition coefficient (Wildman–Crippen LogP) is 0.00230. The Bertz CT molecular complexity index is 222. The summed E-state index contributed by atoms with van der Waals surface area (Å²) in [5.41, 5.74) is 0. The van der Waals surface area contributed by atoms with Crippen molar-refractivity contribution in [1.82, 2.24) is 4.90 Å². The Morgan fingerprint density at radius 3 is 2.57 bits per heavy atom. The molecule has 1 heterocycles. The zero-order chi connectivity index (χ0) is 10.6. The highest BCUT2D eigenvalue weighted by Gasteiger charge is 2.21. The molecule has 1 saturated heterocycles. The van der Waals surface area contributed by atoms with Gasteiger partial charge in [0, 0.05) is 41.4 Å². The summed E-state index contributed by atoms with van der Waals surface area (Å²) in [7, 11) is 0.753. The lowest BCUT2D eigenvalue weighted by molar-refractivity contribution is -0.141. The molecule has 1 rings (SSSR count). The van der Waals surface area contributed by atoms with E-state index in [4.69, 9.17) is 0 Å². The predicted molar refractivity (Wildman–Crippen MR) is 55.5 cm³/mol. The zero-order valence-corrected chi connectivity index (χ0v) is 9.51. The number of carbonyl (C=O) groups excluding carboxylic acids is 1. The van der Waals surface area contributed by atoms with Gasteiger partial charge in [-0.1, -0.05) is 0 Å². The van der Waals surface area contributed by atoms with Gasteiger partial charge in [0.1, 0.15) is 0 Å². The maximum Gasteiger partial charge on any atom is 0.307 e. The van der Waals surface area contributed by atoms with E-state index in [2.05, 4.69) is 9.64 Å².